The van der Waals surface area contributed by atoms with Gasteiger partial charge in [0.1, 0.15) is 5.82 Å². The first-order chi connectivity index (χ1) is 12.3. The highest BCUT2D eigenvalue weighted by Gasteiger charge is 2.23. The van der Waals surface area contributed by atoms with Crippen molar-refractivity contribution in [2.75, 3.05) is 19.7 Å². The van der Waals surface area contributed by atoms with E-state index in [9.17, 15) is 9.50 Å². The minimum absolute atomic E-state index is 0.195. The molecule has 0 amide bonds. The van der Waals surface area contributed by atoms with Crippen LogP contribution in [0.3, 0.4) is 0 Å². The molecule has 2 aromatic heterocycles. The summed E-state index contributed by atoms with van der Waals surface area (Å²) >= 11 is 0. The fourth-order valence-electron chi connectivity index (χ4n) is 3.88. The third-order valence-corrected chi connectivity index (χ3v) is 5.04. The number of fused-ring (bicyclic) bond motifs is 3. The van der Waals surface area contributed by atoms with E-state index in [0.717, 1.165) is 38.0 Å². The highest BCUT2D eigenvalue weighted by molar-refractivity contribution is 5.85. The molecule has 3 heterocycles. The molecule has 1 aromatic carbocycles. The number of aromatic nitrogens is 2. The van der Waals surface area contributed by atoms with E-state index >= 15 is 0 Å². The van der Waals surface area contributed by atoms with Crippen molar-refractivity contribution in [2.24, 2.45) is 0 Å². The Kier molecular flexibility index (Phi) is 4.51. The Labute approximate surface area is 146 Å². The lowest BCUT2D eigenvalue weighted by Gasteiger charge is -2.27. The lowest BCUT2D eigenvalue weighted by Crippen LogP contribution is -2.33. The van der Waals surface area contributed by atoms with Crippen LogP contribution in [0.1, 0.15) is 16.8 Å². The average Bonchev–Trinajstić information content (AvgIpc) is 2.94. The fourth-order valence-corrected chi connectivity index (χ4v) is 3.88. The molecule has 0 atom stereocenters. The van der Waals surface area contributed by atoms with Gasteiger partial charge in [-0.2, -0.15) is 0 Å². The van der Waals surface area contributed by atoms with Crippen molar-refractivity contribution in [3.63, 3.8) is 0 Å². The van der Waals surface area contributed by atoms with E-state index in [0.29, 0.717) is 6.54 Å². The molecule has 0 saturated carbocycles. The van der Waals surface area contributed by atoms with E-state index < -0.39 is 0 Å². The topological polar surface area (TPSA) is 41.3 Å². The molecule has 0 saturated heterocycles. The second-order valence-electron chi connectivity index (χ2n) is 6.61. The molecule has 4 rings (SSSR count). The molecule has 3 aromatic rings. The summed E-state index contributed by atoms with van der Waals surface area (Å²) in [5, 5.41) is 10.5. The number of nitrogens with zero attached hydrogens (tertiary/aromatic N) is 3. The van der Waals surface area contributed by atoms with Gasteiger partial charge in [0.2, 0.25) is 0 Å². The molecule has 0 radical (unpaired) electrons. The molecule has 0 spiro atoms. The average molecular weight is 339 g/mol. The number of hydrogen-bond acceptors (Lipinski definition) is 3. The van der Waals surface area contributed by atoms with Crippen molar-refractivity contribution in [2.45, 2.75) is 25.9 Å². The lowest BCUT2D eigenvalue weighted by atomic mass is 10.0. The summed E-state index contributed by atoms with van der Waals surface area (Å²) in [5.41, 5.74) is 4.90. The minimum Gasteiger partial charge on any atom is -0.395 e. The number of β-amino-alcohol motifs (C(OH)–C–C–N with tert-alkyl or cyclic N) is 1. The Hall–Kier alpha value is -2.24. The van der Waals surface area contributed by atoms with Gasteiger partial charge in [0.05, 0.1) is 12.8 Å². The van der Waals surface area contributed by atoms with Crippen LogP contribution in [0.2, 0.25) is 0 Å². The van der Waals surface area contributed by atoms with Crippen molar-refractivity contribution in [1.29, 1.82) is 0 Å². The first-order valence-corrected chi connectivity index (χ1v) is 8.78. The Morgan fingerprint density at radius 3 is 2.88 bits per heavy atom. The number of aryl methyl sites for hydroxylation is 2. The van der Waals surface area contributed by atoms with Gasteiger partial charge in [-0.25, -0.2) is 4.39 Å². The van der Waals surface area contributed by atoms with Crippen LogP contribution in [0.4, 0.5) is 4.39 Å². The van der Waals surface area contributed by atoms with Crippen LogP contribution in [0.15, 0.2) is 42.7 Å². The number of rotatable bonds is 5. The van der Waals surface area contributed by atoms with Crippen molar-refractivity contribution >= 4 is 10.9 Å². The molecule has 130 valence electrons. The predicted molar refractivity (Wildman–Crippen MR) is 95.9 cm³/mol. The number of halogens is 1. The van der Waals surface area contributed by atoms with E-state index in [1.54, 1.807) is 12.3 Å². The van der Waals surface area contributed by atoms with Gasteiger partial charge < -0.3 is 9.67 Å². The van der Waals surface area contributed by atoms with Gasteiger partial charge in [-0.1, -0.05) is 18.2 Å². The highest BCUT2D eigenvalue weighted by atomic mass is 19.1. The molecule has 1 aliphatic heterocycles. The molecule has 0 aliphatic carbocycles. The van der Waals surface area contributed by atoms with Gasteiger partial charge >= 0.3 is 0 Å². The largest absolute Gasteiger partial charge is 0.395 e. The van der Waals surface area contributed by atoms with Crippen molar-refractivity contribution in [3.8, 4) is 0 Å². The van der Waals surface area contributed by atoms with Crippen LogP contribution in [0.25, 0.3) is 10.9 Å². The van der Waals surface area contributed by atoms with Crippen molar-refractivity contribution < 1.29 is 9.50 Å². The Morgan fingerprint density at radius 2 is 2.04 bits per heavy atom. The minimum atomic E-state index is -0.281. The van der Waals surface area contributed by atoms with Gasteiger partial charge in [-0.05, 0) is 29.7 Å². The van der Waals surface area contributed by atoms with E-state index in [2.05, 4.69) is 38.7 Å². The number of aliphatic hydroxyl groups excluding tert-OH is 1. The molecule has 4 nitrogen and oxygen atoms in total. The summed E-state index contributed by atoms with van der Waals surface area (Å²) in [4.78, 5) is 6.25. The molecule has 25 heavy (non-hydrogen) atoms. The molecule has 1 aliphatic rings. The van der Waals surface area contributed by atoms with Crippen LogP contribution in [-0.2, 0) is 25.9 Å². The number of benzene rings is 1. The monoisotopic (exact) mass is 339 g/mol. The van der Waals surface area contributed by atoms with E-state index in [-0.39, 0.29) is 12.4 Å². The second kappa shape index (κ2) is 6.94. The summed E-state index contributed by atoms with van der Waals surface area (Å²) in [5.74, 6) is -0.281. The van der Waals surface area contributed by atoms with E-state index in [4.69, 9.17) is 0 Å². The zero-order chi connectivity index (χ0) is 17.2. The Balaban J connectivity index is 1.67. The fraction of sp³-hybridized carbons (Fsp3) is 0.350. The van der Waals surface area contributed by atoms with Crippen LogP contribution in [-0.4, -0.2) is 39.3 Å². The zero-order valence-corrected chi connectivity index (χ0v) is 14.2. The summed E-state index contributed by atoms with van der Waals surface area (Å²) in [6, 6.07) is 10.0. The first kappa shape index (κ1) is 16.2. The molecular formula is C20H22FN3O. The number of aliphatic hydroxyl groups is 1. The maximum Gasteiger partial charge on any atom is 0.141 e. The maximum atomic E-state index is 13.4. The SMILES string of the molecule is OCCN1CCc2c(c3ccccc3n2CCc2cncc(F)c2)C1. The molecule has 0 bridgehead atoms. The number of hydrogen-bond donors (Lipinski definition) is 1. The summed E-state index contributed by atoms with van der Waals surface area (Å²) < 4.78 is 15.8. The van der Waals surface area contributed by atoms with Gasteiger partial charge in [-0.15, -0.1) is 0 Å². The number of para-hydroxylation sites is 1. The molecule has 0 fully saturated rings. The maximum absolute atomic E-state index is 13.4. The van der Waals surface area contributed by atoms with Crippen LogP contribution in [0.5, 0.6) is 0 Å². The molecule has 1 N–H and O–H groups in total. The predicted octanol–water partition coefficient (Wildman–Crippen LogP) is 2.77. The third-order valence-electron chi connectivity index (χ3n) is 5.04. The van der Waals surface area contributed by atoms with E-state index in [1.807, 2.05) is 0 Å². The summed E-state index contributed by atoms with van der Waals surface area (Å²) in [6.45, 7) is 3.58. The molecular weight excluding hydrogens is 317 g/mol. The zero-order valence-electron chi connectivity index (χ0n) is 14.2. The van der Waals surface area contributed by atoms with Gasteiger partial charge in [0.15, 0.2) is 0 Å². The summed E-state index contributed by atoms with van der Waals surface area (Å²) in [7, 11) is 0. The van der Waals surface area contributed by atoms with Gasteiger partial charge in [-0.3, -0.25) is 9.88 Å². The van der Waals surface area contributed by atoms with Crippen molar-refractivity contribution in [3.05, 3.63) is 65.4 Å². The van der Waals surface area contributed by atoms with Crippen LogP contribution < -0.4 is 0 Å². The summed E-state index contributed by atoms with van der Waals surface area (Å²) in [6.07, 6.45) is 4.72. The van der Waals surface area contributed by atoms with Gasteiger partial charge in [0, 0.05) is 55.4 Å². The lowest BCUT2D eigenvalue weighted by molar-refractivity contribution is 0.183. The smallest absolute Gasteiger partial charge is 0.141 e. The van der Waals surface area contributed by atoms with Crippen LogP contribution >= 0.6 is 0 Å². The van der Waals surface area contributed by atoms with Crippen LogP contribution in [0, 0.1) is 5.82 Å². The third kappa shape index (κ3) is 3.17. The van der Waals surface area contributed by atoms with Gasteiger partial charge in [0.25, 0.3) is 0 Å². The Morgan fingerprint density at radius 1 is 1.16 bits per heavy atom. The molecule has 0 unspecified atom stereocenters. The second-order valence-corrected chi connectivity index (χ2v) is 6.61. The quantitative estimate of drug-likeness (QED) is 0.777. The van der Waals surface area contributed by atoms with Crippen molar-refractivity contribution in [1.82, 2.24) is 14.5 Å². The Bertz CT molecular complexity index is 890. The first-order valence-electron chi connectivity index (χ1n) is 8.78. The standard InChI is InChI=1S/C20H22FN3O/c21-16-11-15(12-22-13-16)5-8-24-19-4-2-1-3-17(19)18-14-23(9-10-25)7-6-20(18)24/h1-4,11-13,25H,5-10,14H2. The normalized spacial score (nSPS) is 14.8. The molecule has 5 heteroatoms. The number of pyridine rings is 1. The highest BCUT2D eigenvalue weighted by Crippen LogP contribution is 2.31. The van der Waals surface area contributed by atoms with E-state index in [1.165, 1.54) is 28.4 Å².